The fourth-order valence-corrected chi connectivity index (χ4v) is 0.646. The van der Waals surface area contributed by atoms with E-state index in [2.05, 4.69) is 27.7 Å². The topological polar surface area (TPSA) is 47.3 Å². The lowest BCUT2D eigenvalue weighted by molar-refractivity contribution is 0.304. The summed E-state index contributed by atoms with van der Waals surface area (Å²) in [6, 6.07) is 2.65. The second kappa shape index (κ2) is 9.79. The lowest BCUT2D eigenvalue weighted by atomic mass is 10.3. The monoisotopic (exact) mass is 206 g/mol. The molecular weight excluding hydrogens is 188 g/mol. The van der Waals surface area contributed by atoms with Crippen molar-refractivity contribution >= 4 is 11.8 Å². The van der Waals surface area contributed by atoms with Crippen molar-refractivity contribution < 1.29 is 5.11 Å². The molecule has 0 rings (SSSR count). The Labute approximate surface area is 86.0 Å². The number of halogens is 1. The Kier molecular flexibility index (Phi) is 11.4. The van der Waals surface area contributed by atoms with E-state index in [9.17, 15) is 0 Å². The van der Waals surface area contributed by atoms with Crippen molar-refractivity contribution in [2.75, 3.05) is 6.61 Å². The van der Waals surface area contributed by atoms with Crippen molar-refractivity contribution in [3.8, 4) is 6.07 Å². The maximum absolute atomic E-state index is 7.84. The van der Waals surface area contributed by atoms with Crippen LogP contribution in [0, 0.1) is 11.3 Å². The minimum Gasteiger partial charge on any atom is -0.395 e. The lowest BCUT2D eigenvalue weighted by Gasteiger charge is -2.21. The molecule has 0 saturated heterocycles. The average Bonchev–Trinajstić information content (AvgIpc) is 2.05. The molecule has 1 N–H and O–H groups in total. The van der Waals surface area contributed by atoms with Gasteiger partial charge in [-0.3, -0.25) is 0 Å². The molecule has 4 heteroatoms. The first-order valence-corrected chi connectivity index (χ1v) is 4.73. The van der Waals surface area contributed by atoms with Gasteiger partial charge >= 0.3 is 0 Å². The van der Waals surface area contributed by atoms with Gasteiger partial charge in [0.1, 0.15) is 0 Å². The maximum atomic E-state index is 7.84. The number of aliphatic hydroxyl groups is 1. The largest absolute Gasteiger partial charge is 0.395 e. The van der Waals surface area contributed by atoms with E-state index < -0.39 is 0 Å². The Bertz CT molecular complexity index is 135. The summed E-state index contributed by atoms with van der Waals surface area (Å²) in [5, 5.41) is 15.5. The molecular formula is C9H19ClN2O. The normalized spacial score (nSPS) is 9.85. The number of rotatable bonds is 3. The molecule has 0 heterocycles. The van der Waals surface area contributed by atoms with Crippen LogP contribution in [0.1, 0.15) is 34.1 Å². The summed E-state index contributed by atoms with van der Waals surface area (Å²) in [4.78, 5) is 0. The van der Waals surface area contributed by atoms with Crippen LogP contribution in [0.25, 0.3) is 0 Å². The minimum atomic E-state index is -0.0174. The molecule has 0 radical (unpaired) electrons. The van der Waals surface area contributed by atoms with Crippen LogP contribution < -0.4 is 0 Å². The molecule has 0 spiro atoms. The Hall–Kier alpha value is -0.300. The van der Waals surface area contributed by atoms with E-state index >= 15 is 0 Å². The van der Waals surface area contributed by atoms with Gasteiger partial charge in [-0.2, -0.15) is 5.26 Å². The Morgan fingerprint density at radius 2 is 1.69 bits per heavy atom. The summed E-state index contributed by atoms with van der Waals surface area (Å²) < 4.78 is 1.81. The zero-order valence-corrected chi connectivity index (χ0v) is 9.54. The zero-order chi connectivity index (χ0) is 10.9. The number of hydrogen-bond donors (Lipinski definition) is 1. The molecule has 0 aromatic carbocycles. The van der Waals surface area contributed by atoms with Crippen LogP contribution in [0.4, 0.5) is 0 Å². The molecule has 0 aliphatic heterocycles. The molecule has 0 aromatic heterocycles. The number of aliphatic hydroxyl groups excluding tert-OH is 1. The van der Waals surface area contributed by atoms with Crippen molar-refractivity contribution in [1.29, 1.82) is 5.26 Å². The first kappa shape index (κ1) is 15.2. The molecule has 0 aliphatic carbocycles. The molecule has 13 heavy (non-hydrogen) atoms. The fourth-order valence-electron chi connectivity index (χ4n) is 0.646. The van der Waals surface area contributed by atoms with Gasteiger partial charge in [0.25, 0.3) is 0 Å². The molecule has 3 nitrogen and oxygen atoms in total. The standard InChI is InChI=1S/C6H14ClN.C3H5NO/c1-5(2)8(7)6(3)4;4-2-1-3-5/h5-6H,1-4H3;5H,1,3H2. The Balaban J connectivity index is 0. The molecule has 0 fully saturated rings. The molecule has 0 amide bonds. The van der Waals surface area contributed by atoms with Crippen LogP contribution in [0.3, 0.4) is 0 Å². The number of hydrogen-bond acceptors (Lipinski definition) is 3. The summed E-state index contributed by atoms with van der Waals surface area (Å²) in [5.41, 5.74) is 0. The quantitative estimate of drug-likeness (QED) is 0.720. The van der Waals surface area contributed by atoms with Crippen molar-refractivity contribution in [1.82, 2.24) is 4.42 Å². The average molecular weight is 207 g/mol. The number of nitriles is 1. The number of nitrogens with zero attached hydrogens (tertiary/aromatic N) is 2. The van der Waals surface area contributed by atoms with Gasteiger partial charge in [0, 0.05) is 12.1 Å². The molecule has 0 bridgehead atoms. The van der Waals surface area contributed by atoms with Gasteiger partial charge in [0.05, 0.1) is 19.1 Å². The third kappa shape index (κ3) is 11.7. The van der Waals surface area contributed by atoms with E-state index in [0.717, 1.165) is 0 Å². The third-order valence-electron chi connectivity index (χ3n) is 1.21. The van der Waals surface area contributed by atoms with Crippen molar-refractivity contribution in [3.05, 3.63) is 0 Å². The predicted molar refractivity (Wildman–Crippen MR) is 55.3 cm³/mol. The summed E-state index contributed by atoms with van der Waals surface area (Å²) in [6.07, 6.45) is 0.250. The summed E-state index contributed by atoms with van der Waals surface area (Å²) in [7, 11) is 0. The summed E-state index contributed by atoms with van der Waals surface area (Å²) in [6.45, 7) is 8.29. The zero-order valence-electron chi connectivity index (χ0n) is 8.79. The third-order valence-corrected chi connectivity index (χ3v) is 1.99. The summed E-state index contributed by atoms with van der Waals surface area (Å²) >= 11 is 5.78. The lowest BCUT2D eigenvalue weighted by Crippen LogP contribution is -2.27. The predicted octanol–water partition coefficient (Wildman–Crippen LogP) is 2.15. The van der Waals surface area contributed by atoms with E-state index in [-0.39, 0.29) is 13.0 Å². The van der Waals surface area contributed by atoms with Crippen LogP contribution in [-0.4, -0.2) is 28.2 Å². The first-order valence-electron chi connectivity index (χ1n) is 4.39. The highest BCUT2D eigenvalue weighted by atomic mass is 35.5. The highest BCUT2D eigenvalue weighted by Crippen LogP contribution is 2.06. The molecule has 0 aromatic rings. The van der Waals surface area contributed by atoms with Gasteiger partial charge in [-0.05, 0) is 39.5 Å². The van der Waals surface area contributed by atoms with Gasteiger partial charge in [0.2, 0.25) is 0 Å². The van der Waals surface area contributed by atoms with Gasteiger partial charge < -0.3 is 5.11 Å². The fraction of sp³-hybridized carbons (Fsp3) is 0.889. The molecule has 0 unspecified atom stereocenters. The first-order chi connectivity index (χ1) is 5.97. The Morgan fingerprint density at radius 1 is 1.31 bits per heavy atom. The highest BCUT2D eigenvalue weighted by molar-refractivity contribution is 6.13. The smallest absolute Gasteiger partial charge is 0.0645 e. The maximum Gasteiger partial charge on any atom is 0.0645 e. The molecule has 78 valence electrons. The van der Waals surface area contributed by atoms with Crippen molar-refractivity contribution in [2.45, 2.75) is 46.2 Å². The van der Waals surface area contributed by atoms with Gasteiger partial charge in [-0.1, -0.05) is 0 Å². The van der Waals surface area contributed by atoms with Crippen molar-refractivity contribution in [3.63, 3.8) is 0 Å². The second-order valence-electron chi connectivity index (χ2n) is 3.16. The van der Waals surface area contributed by atoms with E-state index in [1.165, 1.54) is 0 Å². The Morgan fingerprint density at radius 3 is 1.69 bits per heavy atom. The van der Waals surface area contributed by atoms with Crippen LogP contribution >= 0.6 is 11.8 Å². The second-order valence-corrected chi connectivity index (χ2v) is 3.55. The highest BCUT2D eigenvalue weighted by Gasteiger charge is 2.07. The van der Waals surface area contributed by atoms with Crippen LogP contribution in [0.15, 0.2) is 0 Å². The minimum absolute atomic E-state index is 0.0174. The van der Waals surface area contributed by atoms with E-state index in [1.54, 1.807) is 10.5 Å². The van der Waals surface area contributed by atoms with Gasteiger partial charge in [-0.25, -0.2) is 4.42 Å². The SMILES string of the molecule is CC(C)N(Cl)C(C)C.N#CCCO. The van der Waals surface area contributed by atoms with E-state index in [1.807, 2.05) is 0 Å². The summed E-state index contributed by atoms with van der Waals surface area (Å²) in [5.74, 6) is 0. The van der Waals surface area contributed by atoms with Crippen LogP contribution in [-0.2, 0) is 0 Å². The van der Waals surface area contributed by atoms with Crippen LogP contribution in [0.5, 0.6) is 0 Å². The molecule has 0 aliphatic rings. The van der Waals surface area contributed by atoms with Gasteiger partial charge in [0.15, 0.2) is 0 Å². The molecule has 0 atom stereocenters. The van der Waals surface area contributed by atoms with E-state index in [4.69, 9.17) is 22.1 Å². The van der Waals surface area contributed by atoms with E-state index in [0.29, 0.717) is 12.1 Å². The van der Waals surface area contributed by atoms with Crippen molar-refractivity contribution in [2.24, 2.45) is 0 Å². The van der Waals surface area contributed by atoms with Crippen LogP contribution in [0.2, 0.25) is 0 Å². The van der Waals surface area contributed by atoms with Gasteiger partial charge in [-0.15, -0.1) is 0 Å². The molecule has 0 saturated carbocycles.